The predicted octanol–water partition coefficient (Wildman–Crippen LogP) is 2.37. The first-order chi connectivity index (χ1) is 7.47. The van der Waals surface area contributed by atoms with E-state index >= 15 is 0 Å². The molecule has 4 nitrogen and oxygen atoms in total. The number of nitrogens with one attached hydrogen (secondary N) is 2. The summed E-state index contributed by atoms with van der Waals surface area (Å²) in [5.74, 6) is -0.927. The number of rotatable bonds is 3. The van der Waals surface area contributed by atoms with Crippen molar-refractivity contribution >= 4 is 39.6 Å². The lowest BCUT2D eigenvalue weighted by Gasteiger charge is -2.07. The predicted molar refractivity (Wildman–Crippen MR) is 70.6 cm³/mol. The van der Waals surface area contributed by atoms with E-state index in [9.17, 15) is 4.79 Å². The number of carbonyl (C=O) groups is 1. The topological polar surface area (TPSA) is 61.4 Å². The molecule has 0 amide bonds. The van der Waals surface area contributed by atoms with Crippen LogP contribution in [0.1, 0.15) is 27.7 Å². The Morgan fingerprint density at radius 3 is 2.62 bits per heavy atom. The van der Waals surface area contributed by atoms with Gasteiger partial charge in [0.15, 0.2) is 5.11 Å². The van der Waals surface area contributed by atoms with Crippen molar-refractivity contribution in [3.05, 3.63) is 16.0 Å². The molecule has 1 aromatic heterocycles. The van der Waals surface area contributed by atoms with Gasteiger partial charge in [0.2, 0.25) is 0 Å². The zero-order chi connectivity index (χ0) is 12.3. The van der Waals surface area contributed by atoms with Gasteiger partial charge in [0.25, 0.3) is 0 Å². The molecule has 16 heavy (non-hydrogen) atoms. The number of anilines is 1. The van der Waals surface area contributed by atoms with Crippen LogP contribution in [0.2, 0.25) is 0 Å². The summed E-state index contributed by atoms with van der Waals surface area (Å²) in [6.07, 6.45) is 0. The van der Waals surface area contributed by atoms with E-state index in [1.807, 2.05) is 13.8 Å². The van der Waals surface area contributed by atoms with Crippen LogP contribution in [0.5, 0.6) is 0 Å². The summed E-state index contributed by atoms with van der Waals surface area (Å²) in [5.41, 5.74) is 1.10. The first kappa shape index (κ1) is 12.9. The molecule has 0 atom stereocenters. The van der Waals surface area contributed by atoms with E-state index in [0.29, 0.717) is 22.2 Å². The molecule has 0 unspecified atom stereocenters. The van der Waals surface area contributed by atoms with Gasteiger partial charge < -0.3 is 15.7 Å². The molecule has 1 aromatic rings. The average molecular weight is 258 g/mol. The molecule has 0 bridgehead atoms. The normalized spacial score (nSPS) is 9.94. The summed E-state index contributed by atoms with van der Waals surface area (Å²) in [6, 6.07) is 0. The minimum absolute atomic E-state index is 0.308. The zero-order valence-corrected chi connectivity index (χ0v) is 11.0. The van der Waals surface area contributed by atoms with E-state index < -0.39 is 5.97 Å². The van der Waals surface area contributed by atoms with E-state index in [0.717, 1.165) is 10.4 Å². The van der Waals surface area contributed by atoms with Crippen LogP contribution in [0.3, 0.4) is 0 Å². The van der Waals surface area contributed by atoms with E-state index in [1.165, 1.54) is 11.3 Å². The number of carboxylic acids is 1. The van der Waals surface area contributed by atoms with Crippen molar-refractivity contribution in [1.82, 2.24) is 5.32 Å². The molecule has 0 radical (unpaired) electrons. The van der Waals surface area contributed by atoms with Crippen molar-refractivity contribution in [2.75, 3.05) is 11.9 Å². The molecule has 0 spiro atoms. The maximum absolute atomic E-state index is 11.1. The van der Waals surface area contributed by atoms with Gasteiger partial charge in [-0.05, 0) is 38.6 Å². The number of thiocarbonyl (C=S) groups is 1. The molecule has 6 heteroatoms. The number of carboxylic acid groups (broad SMARTS) is 1. The van der Waals surface area contributed by atoms with Crippen LogP contribution in [0.25, 0.3) is 0 Å². The van der Waals surface area contributed by atoms with E-state index in [-0.39, 0.29) is 0 Å². The smallest absolute Gasteiger partial charge is 0.338 e. The first-order valence-corrected chi connectivity index (χ1v) is 6.08. The number of hydrogen-bond donors (Lipinski definition) is 3. The molecule has 0 saturated carbocycles. The highest BCUT2D eigenvalue weighted by Crippen LogP contribution is 2.32. The van der Waals surface area contributed by atoms with E-state index in [1.54, 1.807) is 6.92 Å². The van der Waals surface area contributed by atoms with E-state index in [2.05, 4.69) is 10.6 Å². The Morgan fingerprint density at radius 1 is 1.50 bits per heavy atom. The third-order valence-corrected chi connectivity index (χ3v) is 3.53. The van der Waals surface area contributed by atoms with Crippen molar-refractivity contribution in [3.63, 3.8) is 0 Å². The molecule has 3 N–H and O–H groups in total. The fourth-order valence-electron chi connectivity index (χ4n) is 1.28. The molecule has 1 rings (SSSR count). The standard InChI is InChI=1S/C10H14N2O2S2/c1-4-11-10(15)12-8-7(9(13)14)5(2)6(3)16-8/h4H2,1-3H3,(H,13,14)(H2,11,12,15). The zero-order valence-electron chi connectivity index (χ0n) is 9.38. The van der Waals surface area contributed by atoms with Gasteiger partial charge in [-0.25, -0.2) is 4.79 Å². The van der Waals surface area contributed by atoms with Crippen molar-refractivity contribution in [2.45, 2.75) is 20.8 Å². The Bertz CT molecular complexity index is 427. The SMILES string of the molecule is CCNC(=S)Nc1sc(C)c(C)c1C(=O)O. The Balaban J connectivity index is 3.00. The van der Waals surface area contributed by atoms with Gasteiger partial charge in [-0.15, -0.1) is 11.3 Å². The Labute approximate surface area is 104 Å². The summed E-state index contributed by atoms with van der Waals surface area (Å²) in [5, 5.41) is 16.0. The maximum atomic E-state index is 11.1. The van der Waals surface area contributed by atoms with Crippen LogP contribution in [0.4, 0.5) is 5.00 Å². The molecule has 1 heterocycles. The molecule has 0 aromatic carbocycles. The molecule has 0 aliphatic heterocycles. The van der Waals surface area contributed by atoms with Crippen LogP contribution in [-0.2, 0) is 0 Å². The quantitative estimate of drug-likeness (QED) is 0.727. The molecule has 88 valence electrons. The van der Waals surface area contributed by atoms with Crippen molar-refractivity contribution < 1.29 is 9.90 Å². The van der Waals surface area contributed by atoms with Gasteiger partial charge in [-0.3, -0.25) is 0 Å². The van der Waals surface area contributed by atoms with Gasteiger partial charge in [-0.2, -0.15) is 0 Å². The van der Waals surface area contributed by atoms with Crippen molar-refractivity contribution in [3.8, 4) is 0 Å². The molecule has 0 aliphatic carbocycles. The monoisotopic (exact) mass is 258 g/mol. The summed E-state index contributed by atoms with van der Waals surface area (Å²) >= 11 is 6.43. The molecule has 0 fully saturated rings. The average Bonchev–Trinajstić information content (AvgIpc) is 2.42. The maximum Gasteiger partial charge on any atom is 0.338 e. The highest BCUT2D eigenvalue weighted by molar-refractivity contribution is 7.80. The van der Waals surface area contributed by atoms with Crippen LogP contribution < -0.4 is 10.6 Å². The highest BCUT2D eigenvalue weighted by Gasteiger charge is 2.19. The van der Waals surface area contributed by atoms with E-state index in [4.69, 9.17) is 17.3 Å². The highest BCUT2D eigenvalue weighted by atomic mass is 32.1. The summed E-state index contributed by atoms with van der Waals surface area (Å²) in [7, 11) is 0. The fourth-order valence-corrected chi connectivity index (χ4v) is 2.65. The minimum atomic E-state index is -0.927. The van der Waals surface area contributed by atoms with Crippen LogP contribution in [0.15, 0.2) is 0 Å². The van der Waals surface area contributed by atoms with Gasteiger partial charge >= 0.3 is 5.97 Å². The van der Waals surface area contributed by atoms with Crippen LogP contribution >= 0.6 is 23.6 Å². The largest absolute Gasteiger partial charge is 0.478 e. The van der Waals surface area contributed by atoms with Crippen LogP contribution in [-0.4, -0.2) is 22.7 Å². The lowest BCUT2D eigenvalue weighted by molar-refractivity contribution is 0.0697. The second-order valence-corrected chi connectivity index (χ2v) is 4.91. The summed E-state index contributed by atoms with van der Waals surface area (Å²) in [4.78, 5) is 12.1. The van der Waals surface area contributed by atoms with Gasteiger partial charge in [0, 0.05) is 11.4 Å². The Morgan fingerprint density at radius 2 is 2.12 bits per heavy atom. The number of thiophene rings is 1. The molecule has 0 aliphatic rings. The van der Waals surface area contributed by atoms with Gasteiger partial charge in [0.1, 0.15) is 5.00 Å². The first-order valence-electron chi connectivity index (χ1n) is 4.85. The van der Waals surface area contributed by atoms with Crippen molar-refractivity contribution in [1.29, 1.82) is 0 Å². The second kappa shape index (κ2) is 5.27. The molecular formula is C10H14N2O2S2. The van der Waals surface area contributed by atoms with Crippen LogP contribution in [0, 0.1) is 13.8 Å². The fraction of sp³-hybridized carbons (Fsp3) is 0.400. The lowest BCUT2D eigenvalue weighted by Crippen LogP contribution is -2.28. The number of hydrogen-bond acceptors (Lipinski definition) is 3. The Hall–Kier alpha value is -1.14. The number of aryl methyl sites for hydroxylation is 1. The molecule has 0 saturated heterocycles. The van der Waals surface area contributed by atoms with Crippen molar-refractivity contribution in [2.24, 2.45) is 0 Å². The Kier molecular flexibility index (Phi) is 4.26. The number of aromatic carboxylic acids is 1. The lowest BCUT2D eigenvalue weighted by atomic mass is 10.1. The summed E-state index contributed by atoms with van der Waals surface area (Å²) in [6.45, 7) is 6.33. The summed E-state index contributed by atoms with van der Waals surface area (Å²) < 4.78 is 0. The van der Waals surface area contributed by atoms with Gasteiger partial charge in [-0.1, -0.05) is 0 Å². The second-order valence-electron chi connectivity index (χ2n) is 3.28. The third kappa shape index (κ3) is 2.70. The van der Waals surface area contributed by atoms with Gasteiger partial charge in [0.05, 0.1) is 5.56 Å². The minimum Gasteiger partial charge on any atom is -0.478 e. The third-order valence-electron chi connectivity index (χ3n) is 2.16. The molecular weight excluding hydrogens is 244 g/mol.